The highest BCUT2D eigenvalue weighted by molar-refractivity contribution is 14.0. The maximum atomic E-state index is 12.4. The fourth-order valence-corrected chi connectivity index (χ4v) is 4.40. The molecule has 0 amide bonds. The van der Waals surface area contributed by atoms with Crippen molar-refractivity contribution in [2.45, 2.75) is 50.2 Å². The molecular formula is C20H36IN5O3S. The largest absolute Gasteiger partial charge is 0.383 e. The van der Waals surface area contributed by atoms with Crippen LogP contribution in [0.1, 0.15) is 32.3 Å². The van der Waals surface area contributed by atoms with Crippen LogP contribution in [-0.4, -0.2) is 71.8 Å². The number of benzene rings is 1. The van der Waals surface area contributed by atoms with Crippen molar-refractivity contribution in [1.29, 1.82) is 0 Å². The first kappa shape index (κ1) is 27.1. The zero-order valence-electron chi connectivity index (χ0n) is 18.3. The van der Waals surface area contributed by atoms with E-state index >= 15 is 0 Å². The van der Waals surface area contributed by atoms with Crippen LogP contribution in [0.3, 0.4) is 0 Å². The van der Waals surface area contributed by atoms with Crippen LogP contribution in [0.4, 0.5) is 0 Å². The molecule has 2 rings (SSSR count). The number of hydrogen-bond donors (Lipinski definition) is 3. The number of guanidine groups is 1. The minimum atomic E-state index is -3.54. The maximum absolute atomic E-state index is 12.4. The number of sulfonamides is 1. The Morgan fingerprint density at radius 1 is 1.30 bits per heavy atom. The van der Waals surface area contributed by atoms with Crippen LogP contribution in [0.5, 0.6) is 0 Å². The molecule has 1 aliphatic rings. The first-order valence-electron chi connectivity index (χ1n) is 10.1. The lowest BCUT2D eigenvalue weighted by molar-refractivity contribution is 0.167. The summed E-state index contributed by atoms with van der Waals surface area (Å²) in [6, 6.07) is 7.90. The van der Waals surface area contributed by atoms with E-state index in [1.165, 1.54) is 7.11 Å². The lowest BCUT2D eigenvalue weighted by atomic mass is 10.0. The predicted octanol–water partition coefficient (Wildman–Crippen LogP) is 1.77. The van der Waals surface area contributed by atoms with E-state index in [1.54, 1.807) is 25.2 Å². The molecule has 0 aromatic heterocycles. The molecule has 1 aromatic rings. The number of hydrogen-bond acceptors (Lipinski definition) is 5. The SMILES string of the molecule is CN=C(NCc1cccc(S(=O)(=O)NCCOC)c1)NC1CCN(C(C)C)CC1.I. The molecule has 0 radical (unpaired) electrons. The van der Waals surface area contributed by atoms with Gasteiger partial charge in [-0.25, -0.2) is 13.1 Å². The van der Waals surface area contributed by atoms with Gasteiger partial charge in [0.15, 0.2) is 5.96 Å². The number of nitrogens with one attached hydrogen (secondary N) is 3. The van der Waals surface area contributed by atoms with Crippen LogP contribution in [0.15, 0.2) is 34.2 Å². The number of nitrogens with zero attached hydrogens (tertiary/aromatic N) is 2. The Morgan fingerprint density at radius 3 is 2.60 bits per heavy atom. The number of rotatable bonds is 9. The quantitative estimate of drug-likeness (QED) is 0.187. The summed E-state index contributed by atoms with van der Waals surface area (Å²) < 4.78 is 32.2. The maximum Gasteiger partial charge on any atom is 0.240 e. The van der Waals surface area contributed by atoms with Gasteiger partial charge in [-0.3, -0.25) is 4.99 Å². The Balaban J connectivity index is 0.00000450. The van der Waals surface area contributed by atoms with Crippen LogP contribution in [0.25, 0.3) is 0 Å². The van der Waals surface area contributed by atoms with Gasteiger partial charge in [0.1, 0.15) is 0 Å². The summed E-state index contributed by atoms with van der Waals surface area (Å²) in [4.78, 5) is 7.04. The number of methoxy groups -OCH3 is 1. The van der Waals surface area contributed by atoms with Gasteiger partial charge in [0.2, 0.25) is 10.0 Å². The Bertz CT molecular complexity index is 765. The third-order valence-corrected chi connectivity index (χ3v) is 6.55. The zero-order valence-corrected chi connectivity index (χ0v) is 21.5. The van der Waals surface area contributed by atoms with E-state index in [4.69, 9.17) is 4.74 Å². The lowest BCUT2D eigenvalue weighted by Crippen LogP contribution is -2.49. The predicted molar refractivity (Wildman–Crippen MR) is 132 cm³/mol. The molecule has 0 saturated carbocycles. The highest BCUT2D eigenvalue weighted by atomic mass is 127. The van der Waals surface area contributed by atoms with Crippen molar-refractivity contribution in [3.8, 4) is 0 Å². The van der Waals surface area contributed by atoms with Crippen molar-refractivity contribution >= 4 is 40.0 Å². The molecule has 0 unspecified atom stereocenters. The highest BCUT2D eigenvalue weighted by Gasteiger charge is 2.21. The molecule has 0 spiro atoms. The van der Waals surface area contributed by atoms with Crippen LogP contribution in [0, 0.1) is 0 Å². The molecule has 10 heteroatoms. The summed E-state index contributed by atoms with van der Waals surface area (Å²) in [5.74, 6) is 0.736. The van der Waals surface area contributed by atoms with Crippen molar-refractivity contribution < 1.29 is 13.2 Å². The molecule has 0 aliphatic carbocycles. The molecule has 0 bridgehead atoms. The monoisotopic (exact) mass is 553 g/mol. The zero-order chi connectivity index (χ0) is 21.3. The van der Waals surface area contributed by atoms with E-state index in [1.807, 2.05) is 6.07 Å². The molecule has 0 atom stereocenters. The van der Waals surface area contributed by atoms with Gasteiger partial charge in [0.25, 0.3) is 0 Å². The first-order chi connectivity index (χ1) is 13.9. The van der Waals surface area contributed by atoms with Crippen molar-refractivity contribution in [3.63, 3.8) is 0 Å². The molecule has 3 N–H and O–H groups in total. The van der Waals surface area contributed by atoms with Gasteiger partial charge < -0.3 is 20.3 Å². The van der Waals surface area contributed by atoms with Crippen LogP contribution in [-0.2, 0) is 21.3 Å². The summed E-state index contributed by atoms with van der Waals surface area (Å²) in [6.07, 6.45) is 2.17. The van der Waals surface area contributed by atoms with Crippen LogP contribution >= 0.6 is 24.0 Å². The fraction of sp³-hybridized carbons (Fsp3) is 0.650. The average molecular weight is 554 g/mol. The Hall–Kier alpha value is -0.950. The van der Waals surface area contributed by atoms with Crippen molar-refractivity contribution in [2.24, 2.45) is 4.99 Å². The van der Waals surface area contributed by atoms with Gasteiger partial charge >= 0.3 is 0 Å². The van der Waals surface area contributed by atoms with E-state index in [0.29, 0.717) is 25.2 Å². The summed E-state index contributed by atoms with van der Waals surface area (Å²) >= 11 is 0. The van der Waals surface area contributed by atoms with Gasteiger partial charge in [-0.1, -0.05) is 12.1 Å². The molecule has 1 aliphatic heterocycles. The minimum Gasteiger partial charge on any atom is -0.383 e. The minimum absolute atomic E-state index is 0. The number of likely N-dealkylation sites (tertiary alicyclic amines) is 1. The van der Waals surface area contributed by atoms with Crippen LogP contribution in [0.2, 0.25) is 0 Å². The van der Waals surface area contributed by atoms with E-state index in [9.17, 15) is 8.42 Å². The van der Waals surface area contributed by atoms with Crippen molar-refractivity contribution in [2.75, 3.05) is 40.4 Å². The molecule has 8 nitrogen and oxygen atoms in total. The van der Waals surface area contributed by atoms with E-state index in [2.05, 4.69) is 39.1 Å². The lowest BCUT2D eigenvalue weighted by Gasteiger charge is -2.35. The molecule has 30 heavy (non-hydrogen) atoms. The van der Waals surface area contributed by atoms with Crippen molar-refractivity contribution in [1.82, 2.24) is 20.3 Å². The molecule has 172 valence electrons. The normalized spacial score (nSPS) is 16.4. The fourth-order valence-electron chi connectivity index (χ4n) is 3.32. The topological polar surface area (TPSA) is 95.1 Å². The molecular weight excluding hydrogens is 517 g/mol. The Kier molecular flexibility index (Phi) is 12.2. The second kappa shape index (κ2) is 13.5. The Labute approximate surface area is 198 Å². The van der Waals surface area contributed by atoms with E-state index < -0.39 is 10.0 Å². The molecule has 1 fully saturated rings. The summed E-state index contributed by atoms with van der Waals surface area (Å²) in [5, 5.41) is 6.77. The number of halogens is 1. The van der Waals surface area contributed by atoms with E-state index in [-0.39, 0.29) is 35.4 Å². The van der Waals surface area contributed by atoms with Gasteiger partial charge in [0.05, 0.1) is 11.5 Å². The number of aliphatic imine (C=N–C) groups is 1. The standard InChI is InChI=1S/C20H35N5O3S.HI/c1-16(2)25-11-8-18(9-12-25)24-20(21-3)22-15-17-6-5-7-19(14-17)29(26,27)23-10-13-28-4;/h5-7,14,16,18,23H,8-13,15H2,1-4H3,(H2,21,22,24);1H. The number of ether oxygens (including phenoxy) is 1. The smallest absolute Gasteiger partial charge is 0.240 e. The third-order valence-electron chi connectivity index (χ3n) is 5.09. The van der Waals surface area contributed by atoms with Gasteiger partial charge in [-0.05, 0) is 44.4 Å². The Morgan fingerprint density at radius 2 is 2.00 bits per heavy atom. The number of piperidine rings is 1. The first-order valence-corrected chi connectivity index (χ1v) is 11.6. The van der Waals surface area contributed by atoms with Crippen LogP contribution < -0.4 is 15.4 Å². The van der Waals surface area contributed by atoms with Crippen molar-refractivity contribution in [3.05, 3.63) is 29.8 Å². The summed E-state index contributed by atoms with van der Waals surface area (Å²) in [5.41, 5.74) is 0.872. The molecule has 1 aromatic carbocycles. The summed E-state index contributed by atoms with van der Waals surface area (Å²) in [6.45, 7) is 7.70. The van der Waals surface area contributed by atoms with Gasteiger partial charge in [0, 0.05) is 52.4 Å². The highest BCUT2D eigenvalue weighted by Crippen LogP contribution is 2.13. The second-order valence-electron chi connectivity index (χ2n) is 7.51. The summed E-state index contributed by atoms with van der Waals surface area (Å²) in [7, 11) is -0.256. The molecule has 1 heterocycles. The second-order valence-corrected chi connectivity index (χ2v) is 9.28. The van der Waals surface area contributed by atoms with Gasteiger partial charge in [-0.2, -0.15) is 0 Å². The molecule has 1 saturated heterocycles. The van der Waals surface area contributed by atoms with E-state index in [0.717, 1.165) is 37.5 Å². The third kappa shape index (κ3) is 8.66. The van der Waals surface area contributed by atoms with Gasteiger partial charge in [-0.15, -0.1) is 24.0 Å². The average Bonchev–Trinajstić information content (AvgIpc) is 2.71.